The van der Waals surface area contributed by atoms with E-state index in [1.54, 1.807) is 6.92 Å². The first-order valence-electron chi connectivity index (χ1n) is 3.29. The lowest BCUT2D eigenvalue weighted by molar-refractivity contribution is 0.128. The number of hydrogen-bond donors (Lipinski definition) is 3. The predicted octanol–water partition coefficient (Wildman–Crippen LogP) is -0.713. The summed E-state index contributed by atoms with van der Waals surface area (Å²) >= 11 is 0. The van der Waals surface area contributed by atoms with Gasteiger partial charge in [-0.15, -0.1) is 0 Å². The highest BCUT2D eigenvalue weighted by Gasteiger charge is 2.01. The average Bonchev–Trinajstić information content (AvgIpc) is 1.87. The van der Waals surface area contributed by atoms with Crippen LogP contribution in [0.4, 0.5) is 4.39 Å². The largest absolute Gasteiger partial charge is 0.392 e. The van der Waals surface area contributed by atoms with E-state index in [-0.39, 0.29) is 6.54 Å². The van der Waals surface area contributed by atoms with Crippen LogP contribution in [0.2, 0.25) is 0 Å². The summed E-state index contributed by atoms with van der Waals surface area (Å²) in [6, 6.07) is 0. The van der Waals surface area contributed by atoms with Crippen molar-refractivity contribution in [2.24, 2.45) is 0 Å². The molecule has 0 amide bonds. The summed E-state index contributed by atoms with van der Waals surface area (Å²) in [5, 5.41) is 20.0. The SMILES string of the molecule is CC(O)CNCC(O)CF. The molecule has 0 bridgehead atoms. The zero-order valence-corrected chi connectivity index (χ0v) is 6.05. The highest BCUT2D eigenvalue weighted by molar-refractivity contribution is 4.59. The zero-order chi connectivity index (χ0) is 7.98. The van der Waals surface area contributed by atoms with Gasteiger partial charge in [-0.05, 0) is 6.92 Å². The molecule has 0 aliphatic carbocycles. The molecule has 10 heavy (non-hydrogen) atoms. The number of aliphatic hydroxyl groups is 2. The molecule has 0 aromatic carbocycles. The van der Waals surface area contributed by atoms with Gasteiger partial charge in [-0.2, -0.15) is 0 Å². The van der Waals surface area contributed by atoms with E-state index in [4.69, 9.17) is 10.2 Å². The first kappa shape index (κ1) is 9.81. The van der Waals surface area contributed by atoms with E-state index < -0.39 is 18.9 Å². The van der Waals surface area contributed by atoms with E-state index in [0.717, 1.165) is 0 Å². The molecule has 2 unspecified atom stereocenters. The standard InChI is InChI=1S/C6H14FNO2/c1-5(9)3-8-4-6(10)2-7/h5-6,8-10H,2-4H2,1H3. The molecule has 0 fully saturated rings. The topological polar surface area (TPSA) is 52.5 Å². The Kier molecular flexibility index (Phi) is 5.48. The lowest BCUT2D eigenvalue weighted by Crippen LogP contribution is -2.32. The molecule has 4 heteroatoms. The minimum absolute atomic E-state index is 0.196. The number of aliphatic hydroxyl groups excluding tert-OH is 2. The molecule has 0 aliphatic heterocycles. The van der Waals surface area contributed by atoms with Crippen molar-refractivity contribution < 1.29 is 14.6 Å². The molecule has 3 N–H and O–H groups in total. The zero-order valence-electron chi connectivity index (χ0n) is 6.05. The fourth-order valence-corrected chi connectivity index (χ4v) is 0.513. The van der Waals surface area contributed by atoms with Gasteiger partial charge in [-0.3, -0.25) is 0 Å². The van der Waals surface area contributed by atoms with Crippen LogP contribution in [0.25, 0.3) is 0 Å². The van der Waals surface area contributed by atoms with E-state index in [2.05, 4.69) is 5.32 Å². The van der Waals surface area contributed by atoms with Crippen LogP contribution in [0.3, 0.4) is 0 Å². The number of halogens is 1. The third-order valence-corrected chi connectivity index (χ3v) is 0.998. The Morgan fingerprint density at radius 2 is 2.00 bits per heavy atom. The Labute approximate surface area is 59.9 Å². The van der Waals surface area contributed by atoms with Crippen molar-refractivity contribution in [1.29, 1.82) is 0 Å². The van der Waals surface area contributed by atoms with Gasteiger partial charge in [-0.1, -0.05) is 0 Å². The second-order valence-electron chi connectivity index (χ2n) is 2.32. The van der Waals surface area contributed by atoms with Crippen molar-refractivity contribution in [2.75, 3.05) is 19.8 Å². The first-order valence-corrected chi connectivity index (χ1v) is 3.29. The highest BCUT2D eigenvalue weighted by atomic mass is 19.1. The van der Waals surface area contributed by atoms with Crippen molar-refractivity contribution in [2.45, 2.75) is 19.1 Å². The molecule has 0 heterocycles. The lowest BCUT2D eigenvalue weighted by atomic mass is 10.3. The maximum absolute atomic E-state index is 11.6. The molecule has 62 valence electrons. The summed E-state index contributed by atoms with van der Waals surface area (Å²) in [7, 11) is 0. The third-order valence-electron chi connectivity index (χ3n) is 0.998. The van der Waals surface area contributed by atoms with Gasteiger partial charge in [0.25, 0.3) is 0 Å². The van der Waals surface area contributed by atoms with Gasteiger partial charge in [0.05, 0.1) is 12.2 Å². The van der Waals surface area contributed by atoms with Gasteiger partial charge >= 0.3 is 0 Å². The Balaban J connectivity index is 3.03. The molecule has 3 nitrogen and oxygen atoms in total. The van der Waals surface area contributed by atoms with Gasteiger partial charge in [0, 0.05) is 13.1 Å². The van der Waals surface area contributed by atoms with Crippen LogP contribution in [-0.2, 0) is 0 Å². The van der Waals surface area contributed by atoms with Crippen molar-refractivity contribution in [3.63, 3.8) is 0 Å². The second kappa shape index (κ2) is 5.58. The van der Waals surface area contributed by atoms with Crippen molar-refractivity contribution in [1.82, 2.24) is 5.32 Å². The fraction of sp³-hybridized carbons (Fsp3) is 1.00. The van der Waals surface area contributed by atoms with Crippen LogP contribution in [0.15, 0.2) is 0 Å². The summed E-state index contributed by atoms with van der Waals surface area (Å²) in [6.45, 7) is 1.46. The maximum atomic E-state index is 11.6. The fourth-order valence-electron chi connectivity index (χ4n) is 0.513. The summed E-state index contributed by atoms with van der Waals surface area (Å²) in [4.78, 5) is 0. The quantitative estimate of drug-likeness (QED) is 0.486. The van der Waals surface area contributed by atoms with E-state index in [0.29, 0.717) is 6.54 Å². The minimum Gasteiger partial charge on any atom is -0.392 e. The molecule has 0 radical (unpaired) electrons. The molecule has 0 aliphatic rings. The third kappa shape index (κ3) is 5.94. The first-order chi connectivity index (χ1) is 4.66. The van der Waals surface area contributed by atoms with Crippen LogP contribution in [-0.4, -0.2) is 42.2 Å². The van der Waals surface area contributed by atoms with Gasteiger partial charge < -0.3 is 15.5 Å². The molecule has 2 atom stereocenters. The number of alkyl halides is 1. The average molecular weight is 151 g/mol. The Hall–Kier alpha value is -0.190. The Morgan fingerprint density at radius 1 is 1.40 bits per heavy atom. The molecule has 0 spiro atoms. The van der Waals surface area contributed by atoms with Gasteiger partial charge in [0.15, 0.2) is 0 Å². The molecule has 0 aromatic heterocycles. The summed E-state index contributed by atoms with van der Waals surface area (Å²) in [6.07, 6.45) is -1.40. The Morgan fingerprint density at radius 3 is 2.40 bits per heavy atom. The smallest absolute Gasteiger partial charge is 0.117 e. The number of nitrogens with one attached hydrogen (secondary N) is 1. The molecule has 0 aromatic rings. The molecular weight excluding hydrogens is 137 g/mol. The number of rotatable bonds is 5. The summed E-state index contributed by atoms with van der Waals surface area (Å²) in [5.41, 5.74) is 0. The normalized spacial score (nSPS) is 16.8. The Bertz CT molecular complexity index is 80.1. The monoisotopic (exact) mass is 151 g/mol. The molecular formula is C6H14FNO2. The molecule has 0 saturated heterocycles. The van der Waals surface area contributed by atoms with Gasteiger partial charge in [0.2, 0.25) is 0 Å². The van der Waals surface area contributed by atoms with Gasteiger partial charge in [0.1, 0.15) is 6.67 Å². The number of hydrogen-bond acceptors (Lipinski definition) is 3. The van der Waals surface area contributed by atoms with E-state index in [9.17, 15) is 4.39 Å². The summed E-state index contributed by atoms with van der Waals surface area (Å²) < 4.78 is 11.6. The van der Waals surface area contributed by atoms with Crippen molar-refractivity contribution in [3.8, 4) is 0 Å². The molecule has 0 saturated carbocycles. The lowest BCUT2D eigenvalue weighted by Gasteiger charge is -2.08. The van der Waals surface area contributed by atoms with Crippen LogP contribution < -0.4 is 5.32 Å². The minimum atomic E-state index is -0.946. The van der Waals surface area contributed by atoms with Crippen LogP contribution >= 0.6 is 0 Å². The van der Waals surface area contributed by atoms with E-state index >= 15 is 0 Å². The summed E-state index contributed by atoms with van der Waals surface area (Å²) in [5.74, 6) is 0. The highest BCUT2D eigenvalue weighted by Crippen LogP contribution is 1.81. The molecule has 0 rings (SSSR count). The van der Waals surface area contributed by atoms with Gasteiger partial charge in [-0.25, -0.2) is 4.39 Å². The van der Waals surface area contributed by atoms with E-state index in [1.807, 2.05) is 0 Å². The van der Waals surface area contributed by atoms with Crippen molar-refractivity contribution in [3.05, 3.63) is 0 Å². The van der Waals surface area contributed by atoms with E-state index in [1.165, 1.54) is 0 Å². The van der Waals surface area contributed by atoms with Crippen LogP contribution in [0.1, 0.15) is 6.92 Å². The van der Waals surface area contributed by atoms with Crippen LogP contribution in [0.5, 0.6) is 0 Å². The predicted molar refractivity (Wildman–Crippen MR) is 36.5 cm³/mol. The van der Waals surface area contributed by atoms with Crippen LogP contribution in [0, 0.1) is 0 Å². The second-order valence-corrected chi connectivity index (χ2v) is 2.32. The maximum Gasteiger partial charge on any atom is 0.117 e. The van der Waals surface area contributed by atoms with Crippen molar-refractivity contribution >= 4 is 0 Å².